The van der Waals surface area contributed by atoms with Gasteiger partial charge < -0.3 is 14.6 Å². The predicted octanol–water partition coefficient (Wildman–Crippen LogP) is 3.77. The fourth-order valence-corrected chi connectivity index (χ4v) is 2.47. The van der Waals surface area contributed by atoms with E-state index < -0.39 is 0 Å². The molecule has 0 amide bonds. The van der Waals surface area contributed by atoms with Gasteiger partial charge in [0.15, 0.2) is 17.3 Å². The number of para-hydroxylation sites is 1. The molecular formula is C17H15ClN4O3S. The summed E-state index contributed by atoms with van der Waals surface area (Å²) in [5.41, 5.74) is 0.483. The van der Waals surface area contributed by atoms with Crippen LogP contribution < -0.4 is 9.47 Å². The van der Waals surface area contributed by atoms with E-state index in [4.69, 9.17) is 33.3 Å². The van der Waals surface area contributed by atoms with Crippen molar-refractivity contribution in [1.82, 2.24) is 14.9 Å². The van der Waals surface area contributed by atoms with Crippen molar-refractivity contribution in [3.8, 4) is 17.2 Å². The van der Waals surface area contributed by atoms with Gasteiger partial charge in [0.05, 0.1) is 13.3 Å². The highest BCUT2D eigenvalue weighted by Gasteiger charge is 2.08. The second-order valence-corrected chi connectivity index (χ2v) is 5.97. The van der Waals surface area contributed by atoms with Gasteiger partial charge in [0.2, 0.25) is 4.77 Å². The average molecular weight is 391 g/mol. The molecule has 0 saturated carbocycles. The first-order valence-corrected chi connectivity index (χ1v) is 8.32. The third-order valence-corrected chi connectivity index (χ3v) is 3.98. The maximum atomic E-state index is 10.1. The van der Waals surface area contributed by atoms with Crippen LogP contribution in [-0.2, 0) is 6.61 Å². The highest BCUT2D eigenvalue weighted by atomic mass is 35.5. The molecule has 1 aromatic heterocycles. The molecule has 0 bridgehead atoms. The number of methoxy groups -OCH3 is 1. The summed E-state index contributed by atoms with van der Waals surface area (Å²) in [6.45, 7) is 0.149. The number of aromatic nitrogens is 3. The maximum Gasteiger partial charge on any atom is 0.216 e. The fraction of sp³-hybridized carbons (Fsp3) is 0.118. The van der Waals surface area contributed by atoms with Crippen LogP contribution in [0.2, 0.25) is 5.02 Å². The van der Waals surface area contributed by atoms with Crippen molar-refractivity contribution < 1.29 is 14.6 Å². The molecule has 2 aromatic carbocycles. The second-order valence-electron chi connectivity index (χ2n) is 5.14. The zero-order valence-electron chi connectivity index (χ0n) is 13.7. The summed E-state index contributed by atoms with van der Waals surface area (Å²) >= 11 is 11.0. The standard InChI is InChI=1S/C17H15ClN4O3S/c1-24-14-4-2-3-11(16(14)23)9-19-22-15(20-21-17(22)26)10-25-13-7-5-12(18)6-8-13/h2-9,23H,10H2,1H3,(H,21,26)/b19-9+. The number of H-pyrrole nitrogens is 1. The van der Waals surface area contributed by atoms with Crippen LogP contribution in [0.15, 0.2) is 47.6 Å². The SMILES string of the molecule is COc1cccc(/C=N/n2c(COc3ccc(Cl)cc3)n[nH]c2=S)c1O. The Kier molecular flexibility index (Phi) is 5.55. The third-order valence-electron chi connectivity index (χ3n) is 3.46. The monoisotopic (exact) mass is 390 g/mol. The smallest absolute Gasteiger partial charge is 0.216 e. The quantitative estimate of drug-likeness (QED) is 0.494. The highest BCUT2D eigenvalue weighted by Crippen LogP contribution is 2.28. The van der Waals surface area contributed by atoms with Crippen LogP contribution in [0.5, 0.6) is 17.2 Å². The van der Waals surface area contributed by atoms with E-state index in [-0.39, 0.29) is 12.4 Å². The van der Waals surface area contributed by atoms with Gasteiger partial charge in [-0.2, -0.15) is 14.9 Å². The van der Waals surface area contributed by atoms with Gasteiger partial charge in [0.1, 0.15) is 12.4 Å². The van der Waals surface area contributed by atoms with E-state index in [1.54, 1.807) is 42.5 Å². The molecule has 134 valence electrons. The first kappa shape index (κ1) is 18.0. The van der Waals surface area contributed by atoms with Crippen molar-refractivity contribution in [3.05, 3.63) is 63.6 Å². The summed E-state index contributed by atoms with van der Waals surface area (Å²) in [6, 6.07) is 12.1. The normalized spacial score (nSPS) is 11.0. The fourth-order valence-electron chi connectivity index (χ4n) is 2.14. The minimum atomic E-state index is -0.00673. The van der Waals surface area contributed by atoms with E-state index in [9.17, 15) is 5.11 Å². The maximum absolute atomic E-state index is 10.1. The van der Waals surface area contributed by atoms with Crippen LogP contribution in [0.3, 0.4) is 0 Å². The lowest BCUT2D eigenvalue weighted by Gasteiger charge is -2.06. The van der Waals surface area contributed by atoms with E-state index in [1.807, 2.05) is 0 Å². The van der Waals surface area contributed by atoms with Crippen molar-refractivity contribution in [2.24, 2.45) is 5.10 Å². The van der Waals surface area contributed by atoms with Gasteiger partial charge in [-0.15, -0.1) is 0 Å². The van der Waals surface area contributed by atoms with Crippen LogP contribution in [0.4, 0.5) is 0 Å². The zero-order chi connectivity index (χ0) is 18.5. The Morgan fingerprint density at radius 2 is 2.08 bits per heavy atom. The first-order valence-electron chi connectivity index (χ1n) is 7.53. The summed E-state index contributed by atoms with van der Waals surface area (Å²) in [6.07, 6.45) is 1.47. The molecule has 0 aliphatic rings. The van der Waals surface area contributed by atoms with E-state index in [0.717, 1.165) is 0 Å². The van der Waals surface area contributed by atoms with Crippen molar-refractivity contribution >= 4 is 30.0 Å². The molecule has 0 saturated heterocycles. The molecule has 3 aromatic rings. The van der Waals surface area contributed by atoms with Crippen molar-refractivity contribution in [2.75, 3.05) is 7.11 Å². The van der Waals surface area contributed by atoms with Gasteiger partial charge in [-0.05, 0) is 48.6 Å². The molecule has 0 aliphatic heterocycles. The van der Waals surface area contributed by atoms with Crippen molar-refractivity contribution in [1.29, 1.82) is 0 Å². The molecule has 26 heavy (non-hydrogen) atoms. The number of ether oxygens (including phenoxy) is 2. The van der Waals surface area contributed by atoms with Crippen molar-refractivity contribution in [2.45, 2.75) is 6.61 Å². The van der Waals surface area contributed by atoms with Crippen LogP contribution >= 0.6 is 23.8 Å². The molecule has 7 nitrogen and oxygen atoms in total. The number of hydrogen-bond acceptors (Lipinski definition) is 6. The van der Waals surface area contributed by atoms with E-state index >= 15 is 0 Å². The number of phenols is 1. The minimum Gasteiger partial charge on any atom is -0.504 e. The molecule has 9 heteroatoms. The number of rotatable bonds is 6. The Morgan fingerprint density at radius 3 is 2.81 bits per heavy atom. The molecule has 2 N–H and O–H groups in total. The van der Waals surface area contributed by atoms with Crippen LogP contribution in [0.1, 0.15) is 11.4 Å². The Hall–Kier alpha value is -2.84. The van der Waals surface area contributed by atoms with Gasteiger partial charge in [-0.25, -0.2) is 5.10 Å². The van der Waals surface area contributed by atoms with Crippen LogP contribution in [-0.4, -0.2) is 33.3 Å². The first-order chi connectivity index (χ1) is 12.6. The van der Waals surface area contributed by atoms with Gasteiger partial charge in [-0.3, -0.25) is 0 Å². The molecule has 1 heterocycles. The molecule has 0 fully saturated rings. The number of phenolic OH excluding ortho intramolecular Hbond substituents is 1. The number of aromatic amines is 1. The topological polar surface area (TPSA) is 84.7 Å². The molecule has 0 unspecified atom stereocenters. The third kappa shape index (κ3) is 4.04. The summed E-state index contributed by atoms with van der Waals surface area (Å²) in [7, 11) is 1.48. The second kappa shape index (κ2) is 8.03. The van der Waals surface area contributed by atoms with Gasteiger partial charge >= 0.3 is 0 Å². The van der Waals surface area contributed by atoms with Crippen LogP contribution in [0.25, 0.3) is 0 Å². The van der Waals surface area contributed by atoms with E-state index in [0.29, 0.717) is 32.7 Å². The highest BCUT2D eigenvalue weighted by molar-refractivity contribution is 7.71. The van der Waals surface area contributed by atoms with Crippen LogP contribution in [0, 0.1) is 4.77 Å². The summed E-state index contributed by atoms with van der Waals surface area (Å²) < 4.78 is 12.5. The number of aromatic hydroxyl groups is 1. The zero-order valence-corrected chi connectivity index (χ0v) is 15.3. The van der Waals surface area contributed by atoms with Crippen molar-refractivity contribution in [3.63, 3.8) is 0 Å². The number of nitrogens with one attached hydrogen (secondary N) is 1. The summed E-state index contributed by atoms with van der Waals surface area (Å²) in [4.78, 5) is 0. The molecule has 0 atom stereocenters. The molecule has 0 aliphatic carbocycles. The summed E-state index contributed by atoms with van der Waals surface area (Å²) in [5.74, 6) is 1.47. The number of benzene rings is 2. The number of halogens is 1. The molecule has 0 radical (unpaired) electrons. The minimum absolute atomic E-state index is 0.00673. The Bertz CT molecular complexity index is 982. The number of hydrogen-bond donors (Lipinski definition) is 2. The largest absolute Gasteiger partial charge is 0.504 e. The molecule has 3 rings (SSSR count). The lowest BCUT2D eigenvalue weighted by molar-refractivity contribution is 0.290. The Labute approximate surface area is 159 Å². The Balaban J connectivity index is 1.80. The lowest BCUT2D eigenvalue weighted by Crippen LogP contribution is -2.04. The van der Waals surface area contributed by atoms with Gasteiger partial charge in [0, 0.05) is 10.6 Å². The van der Waals surface area contributed by atoms with E-state index in [2.05, 4.69) is 15.3 Å². The van der Waals surface area contributed by atoms with Gasteiger partial charge in [0.25, 0.3) is 0 Å². The van der Waals surface area contributed by atoms with Gasteiger partial charge in [-0.1, -0.05) is 17.7 Å². The summed E-state index contributed by atoms with van der Waals surface area (Å²) in [5, 5.41) is 21.8. The molecular weight excluding hydrogens is 376 g/mol. The van der Waals surface area contributed by atoms with E-state index in [1.165, 1.54) is 18.0 Å². The Morgan fingerprint density at radius 1 is 1.31 bits per heavy atom. The predicted molar refractivity (Wildman–Crippen MR) is 101 cm³/mol. The number of nitrogens with zero attached hydrogens (tertiary/aromatic N) is 3. The molecule has 0 spiro atoms. The lowest BCUT2D eigenvalue weighted by atomic mass is 10.2. The average Bonchev–Trinajstić information content (AvgIpc) is 3.00.